The number of amides is 2. The van der Waals surface area contributed by atoms with Crippen molar-refractivity contribution in [2.45, 2.75) is 6.92 Å². The summed E-state index contributed by atoms with van der Waals surface area (Å²) in [5, 5.41) is 3.43. The van der Waals surface area contributed by atoms with Crippen molar-refractivity contribution in [1.82, 2.24) is 11.1 Å². The van der Waals surface area contributed by atoms with Crippen molar-refractivity contribution in [3.8, 4) is 0 Å². The van der Waals surface area contributed by atoms with Crippen molar-refractivity contribution in [3.63, 3.8) is 0 Å². The van der Waals surface area contributed by atoms with Gasteiger partial charge in [-0.15, -0.1) is 0 Å². The molecule has 2 amide bonds. The Bertz CT molecular complexity index is 253. The van der Waals surface area contributed by atoms with E-state index in [9.17, 15) is 4.79 Å². The lowest BCUT2D eigenvalue weighted by atomic mass is 10.2. The van der Waals surface area contributed by atoms with Crippen LogP contribution in [-0.2, 0) is 0 Å². The summed E-state index contributed by atoms with van der Waals surface area (Å²) >= 11 is 0. The smallest absolute Gasteiger partial charge is 0.246 e. The number of nitrogens with zero attached hydrogens (tertiary/aromatic N) is 1. The molecule has 0 saturated carbocycles. The van der Waals surface area contributed by atoms with Gasteiger partial charge in [0.05, 0.1) is 5.69 Å². The maximum Gasteiger partial charge on any atom is 0.360 e. The Morgan fingerprint density at radius 3 is 2.36 bits per heavy atom. The van der Waals surface area contributed by atoms with Crippen LogP contribution < -0.4 is 11.1 Å². The zero-order valence-electron chi connectivity index (χ0n) is 6.16. The summed E-state index contributed by atoms with van der Waals surface area (Å²) in [6, 6.07) is 6.21. The molecule has 56 valence electrons. The predicted octanol–water partition coefficient (Wildman–Crippen LogP) is 1.63. The van der Waals surface area contributed by atoms with Gasteiger partial charge < -0.3 is 0 Å². The van der Waals surface area contributed by atoms with Crippen molar-refractivity contribution < 1.29 is 4.79 Å². The van der Waals surface area contributed by atoms with Crippen molar-refractivity contribution in [2.24, 2.45) is 0 Å². The first-order valence-electron chi connectivity index (χ1n) is 3.22. The maximum absolute atomic E-state index is 10.2. The predicted molar refractivity (Wildman–Crippen MR) is 41.5 cm³/mol. The summed E-state index contributed by atoms with van der Waals surface area (Å²) in [6.07, 6.45) is 0. The highest BCUT2D eigenvalue weighted by molar-refractivity contribution is 5.76. The second kappa shape index (κ2) is 3.05. The number of hydrogen-bond donors (Lipinski definition) is 0. The third-order valence-corrected chi connectivity index (χ3v) is 1.26. The Morgan fingerprint density at radius 1 is 1.36 bits per heavy atom. The van der Waals surface area contributed by atoms with Gasteiger partial charge in [0.15, 0.2) is 0 Å². The first-order valence-corrected chi connectivity index (χ1v) is 3.22. The van der Waals surface area contributed by atoms with E-state index in [0.29, 0.717) is 5.69 Å². The van der Waals surface area contributed by atoms with Crippen LogP contribution in [0.4, 0.5) is 10.5 Å². The zero-order valence-corrected chi connectivity index (χ0v) is 6.16. The molecule has 1 aromatic rings. The molecule has 3 heteroatoms. The number of carbonyl (C=O) groups is 1. The molecule has 0 aliphatic carbocycles. The molecule has 1 rings (SSSR count). The Labute approximate surface area is 65.2 Å². The highest BCUT2D eigenvalue weighted by Gasteiger charge is 1.96. The molecule has 2 radical (unpaired) electrons. The number of carbonyl (C=O) groups excluding carboxylic acids is 1. The topological polar surface area (TPSA) is 55.0 Å². The van der Waals surface area contributed by atoms with Crippen LogP contribution in [0.1, 0.15) is 5.56 Å². The number of nitrogens with one attached hydrogen (secondary N) is 1. The Kier molecular flexibility index (Phi) is 2.11. The summed E-state index contributed by atoms with van der Waals surface area (Å²) in [4.78, 5) is 10.2. The van der Waals surface area contributed by atoms with E-state index in [1.807, 2.05) is 19.1 Å². The van der Waals surface area contributed by atoms with Crippen LogP contribution >= 0.6 is 0 Å². The average molecular weight is 148 g/mol. The Balaban J connectivity index is 2.74. The minimum absolute atomic E-state index is 0.538. The largest absolute Gasteiger partial charge is 0.360 e. The van der Waals surface area contributed by atoms with E-state index in [0.717, 1.165) is 5.56 Å². The molecule has 0 fully saturated rings. The van der Waals surface area contributed by atoms with Crippen molar-refractivity contribution >= 4 is 11.7 Å². The summed E-state index contributed by atoms with van der Waals surface area (Å²) in [5.41, 5.74) is 8.21. The lowest BCUT2D eigenvalue weighted by molar-refractivity contribution is 0.250. The van der Waals surface area contributed by atoms with Crippen LogP contribution in [0.15, 0.2) is 24.3 Å². The lowest BCUT2D eigenvalue weighted by Crippen LogP contribution is -2.07. The number of urea groups is 1. The van der Waals surface area contributed by atoms with E-state index in [-0.39, 0.29) is 0 Å². The summed E-state index contributed by atoms with van der Waals surface area (Å²) in [7, 11) is 0. The van der Waals surface area contributed by atoms with Gasteiger partial charge in [0.25, 0.3) is 0 Å². The molecule has 0 atom stereocenters. The Hall–Kier alpha value is -1.51. The standard InChI is InChI=1S/C8H8N2O/c1-6-2-4-7(5-3-6)10-8(9)11/h2-5,9H,1H3. The molecule has 0 aliphatic rings. The molecule has 1 aromatic carbocycles. The molecule has 0 aliphatic heterocycles. The lowest BCUT2D eigenvalue weighted by Gasteiger charge is -1.96. The van der Waals surface area contributed by atoms with Gasteiger partial charge in [-0.3, -0.25) is 0 Å². The van der Waals surface area contributed by atoms with Crippen LogP contribution in [0, 0.1) is 6.92 Å². The fraction of sp³-hybridized carbons (Fsp3) is 0.125. The summed E-state index contributed by atoms with van der Waals surface area (Å²) in [6.45, 7) is 1.95. The first kappa shape index (κ1) is 7.60. The molecule has 0 saturated heterocycles. The normalized spacial score (nSPS) is 9.18. The molecule has 0 unspecified atom stereocenters. The van der Waals surface area contributed by atoms with Crippen molar-refractivity contribution in [3.05, 3.63) is 29.8 Å². The van der Waals surface area contributed by atoms with Gasteiger partial charge in [-0.05, 0) is 19.1 Å². The van der Waals surface area contributed by atoms with E-state index >= 15 is 0 Å². The molecule has 3 nitrogen and oxygen atoms in total. The SMILES string of the molecule is Cc1ccc([N]C([NH])=O)cc1. The second-order valence-corrected chi connectivity index (χ2v) is 2.25. The van der Waals surface area contributed by atoms with E-state index in [2.05, 4.69) is 5.32 Å². The minimum atomic E-state index is -0.908. The highest BCUT2D eigenvalue weighted by Crippen LogP contribution is 2.07. The van der Waals surface area contributed by atoms with Crippen molar-refractivity contribution in [2.75, 3.05) is 0 Å². The van der Waals surface area contributed by atoms with E-state index in [1.165, 1.54) is 0 Å². The zero-order chi connectivity index (χ0) is 8.27. The van der Waals surface area contributed by atoms with Gasteiger partial charge in [-0.25, -0.2) is 10.5 Å². The van der Waals surface area contributed by atoms with Crippen LogP contribution in [-0.4, -0.2) is 6.03 Å². The molecule has 11 heavy (non-hydrogen) atoms. The molecule has 1 N–H and O–H groups in total. The third kappa shape index (κ3) is 2.29. The van der Waals surface area contributed by atoms with Crippen LogP contribution in [0.3, 0.4) is 0 Å². The van der Waals surface area contributed by atoms with E-state index in [1.54, 1.807) is 12.1 Å². The molecular formula is C8H8N2O. The number of hydrogen-bond acceptors (Lipinski definition) is 1. The second-order valence-electron chi connectivity index (χ2n) is 2.25. The van der Waals surface area contributed by atoms with Gasteiger partial charge in [-0.2, -0.15) is 5.32 Å². The van der Waals surface area contributed by atoms with E-state index < -0.39 is 6.03 Å². The summed E-state index contributed by atoms with van der Waals surface area (Å²) < 4.78 is 0. The van der Waals surface area contributed by atoms with Crippen LogP contribution in [0.2, 0.25) is 0 Å². The number of benzene rings is 1. The van der Waals surface area contributed by atoms with Gasteiger partial charge in [-0.1, -0.05) is 17.7 Å². The van der Waals surface area contributed by atoms with E-state index in [4.69, 9.17) is 5.73 Å². The van der Waals surface area contributed by atoms with Gasteiger partial charge in [0, 0.05) is 0 Å². The van der Waals surface area contributed by atoms with Crippen LogP contribution in [0.25, 0.3) is 0 Å². The molecule has 0 aromatic heterocycles. The third-order valence-electron chi connectivity index (χ3n) is 1.26. The number of aryl methyl sites for hydroxylation is 1. The molecule has 0 heterocycles. The highest BCUT2D eigenvalue weighted by atomic mass is 16.2. The van der Waals surface area contributed by atoms with Crippen molar-refractivity contribution in [1.29, 1.82) is 0 Å². The fourth-order valence-electron chi connectivity index (χ4n) is 0.737. The van der Waals surface area contributed by atoms with Crippen LogP contribution in [0.5, 0.6) is 0 Å². The molecule has 0 bridgehead atoms. The molecule has 0 spiro atoms. The monoisotopic (exact) mass is 148 g/mol. The quantitative estimate of drug-likeness (QED) is 0.597. The minimum Gasteiger partial charge on any atom is -0.246 e. The van der Waals surface area contributed by atoms with Gasteiger partial charge in [0.1, 0.15) is 0 Å². The van der Waals surface area contributed by atoms with Gasteiger partial charge >= 0.3 is 6.03 Å². The summed E-state index contributed by atoms with van der Waals surface area (Å²) in [5.74, 6) is 0. The number of rotatable bonds is 1. The first-order chi connectivity index (χ1) is 5.18. The maximum atomic E-state index is 10.2. The van der Waals surface area contributed by atoms with Gasteiger partial charge in [0.2, 0.25) is 0 Å². The molecular weight excluding hydrogens is 140 g/mol. The fourth-order valence-corrected chi connectivity index (χ4v) is 0.737. The Morgan fingerprint density at radius 2 is 1.91 bits per heavy atom. The average Bonchev–Trinajstić information content (AvgIpc) is 1.93.